The van der Waals surface area contributed by atoms with Crippen LogP contribution in [-0.2, 0) is 5.41 Å². The van der Waals surface area contributed by atoms with Gasteiger partial charge in [0.2, 0.25) is 0 Å². The van der Waals surface area contributed by atoms with Crippen LogP contribution in [0.3, 0.4) is 0 Å². The maximum absolute atomic E-state index is 12.9. The summed E-state index contributed by atoms with van der Waals surface area (Å²) in [5.74, 6) is -0.1000. The van der Waals surface area contributed by atoms with Gasteiger partial charge in [0.05, 0.1) is 18.3 Å². The van der Waals surface area contributed by atoms with Crippen LogP contribution in [0.25, 0.3) is 10.9 Å². The van der Waals surface area contributed by atoms with E-state index in [2.05, 4.69) is 9.97 Å². The van der Waals surface area contributed by atoms with E-state index >= 15 is 0 Å². The first-order valence-corrected chi connectivity index (χ1v) is 8.38. The van der Waals surface area contributed by atoms with Crippen molar-refractivity contribution in [1.29, 1.82) is 0 Å². The average Bonchev–Trinajstić information content (AvgIpc) is 3.13. The van der Waals surface area contributed by atoms with Gasteiger partial charge in [0.15, 0.2) is 0 Å². The number of likely N-dealkylation sites (tertiary alicyclic amines) is 1. The van der Waals surface area contributed by atoms with E-state index in [1.165, 1.54) is 0 Å². The van der Waals surface area contributed by atoms with Crippen LogP contribution in [0.1, 0.15) is 22.5 Å². The van der Waals surface area contributed by atoms with Gasteiger partial charge in [0.1, 0.15) is 5.69 Å². The Bertz CT molecular complexity index is 913. The Morgan fingerprint density at radius 2 is 2.00 bits per heavy atom. The second-order valence-corrected chi connectivity index (χ2v) is 6.55. The minimum Gasteiger partial charge on any atom is -0.395 e. The maximum Gasteiger partial charge on any atom is 0.272 e. The van der Waals surface area contributed by atoms with E-state index in [0.717, 1.165) is 17.4 Å². The number of carbonyl (C=O) groups excluding carboxylic acids is 1. The van der Waals surface area contributed by atoms with Gasteiger partial charge < -0.3 is 10.0 Å². The van der Waals surface area contributed by atoms with Crippen molar-refractivity contribution in [2.24, 2.45) is 0 Å². The van der Waals surface area contributed by atoms with Crippen molar-refractivity contribution in [2.75, 3.05) is 19.7 Å². The number of hydrogen-bond acceptors (Lipinski definition) is 4. The topological polar surface area (TPSA) is 66.3 Å². The summed E-state index contributed by atoms with van der Waals surface area (Å²) in [6, 6.07) is 15.5. The van der Waals surface area contributed by atoms with E-state index < -0.39 is 5.41 Å². The van der Waals surface area contributed by atoms with Gasteiger partial charge in [-0.3, -0.25) is 9.78 Å². The molecule has 1 aliphatic rings. The largest absolute Gasteiger partial charge is 0.395 e. The van der Waals surface area contributed by atoms with E-state index in [9.17, 15) is 9.90 Å². The molecule has 4 rings (SSSR count). The Morgan fingerprint density at radius 3 is 2.80 bits per heavy atom. The Labute approximate surface area is 146 Å². The number of carbonyl (C=O) groups is 1. The molecule has 5 nitrogen and oxygen atoms in total. The van der Waals surface area contributed by atoms with Crippen molar-refractivity contribution in [1.82, 2.24) is 14.9 Å². The molecule has 1 N–H and O–H groups in total. The van der Waals surface area contributed by atoms with Gasteiger partial charge in [-0.25, -0.2) is 4.98 Å². The molecular weight excluding hydrogens is 314 g/mol. The molecule has 1 atom stereocenters. The van der Waals surface area contributed by atoms with Crippen molar-refractivity contribution < 1.29 is 9.90 Å². The van der Waals surface area contributed by atoms with Gasteiger partial charge in [-0.2, -0.15) is 0 Å². The molecule has 5 heteroatoms. The van der Waals surface area contributed by atoms with Gasteiger partial charge in [0, 0.05) is 30.1 Å². The zero-order chi connectivity index (χ0) is 17.3. The standard InChI is InChI=1S/C20H19N3O2/c24-14-20(16-4-2-1-3-5-16)9-11-23(13-20)19(25)17-7-6-15-8-10-21-12-18(15)22-17/h1-8,10,12,24H,9,11,13-14H2. The van der Waals surface area contributed by atoms with Crippen molar-refractivity contribution in [3.63, 3.8) is 0 Å². The molecule has 3 aromatic rings. The number of aliphatic hydroxyl groups is 1. The first kappa shape index (κ1) is 15.7. The second kappa shape index (κ2) is 6.26. The summed E-state index contributed by atoms with van der Waals surface area (Å²) in [5.41, 5.74) is 1.81. The number of pyridine rings is 2. The molecule has 1 aliphatic heterocycles. The summed E-state index contributed by atoms with van der Waals surface area (Å²) in [7, 11) is 0. The smallest absolute Gasteiger partial charge is 0.272 e. The number of aromatic nitrogens is 2. The second-order valence-electron chi connectivity index (χ2n) is 6.55. The highest BCUT2D eigenvalue weighted by atomic mass is 16.3. The molecular formula is C20H19N3O2. The molecule has 1 amide bonds. The predicted octanol–water partition coefficient (Wildman–Crippen LogP) is 2.41. The summed E-state index contributed by atoms with van der Waals surface area (Å²) in [6.45, 7) is 1.13. The molecule has 126 valence electrons. The molecule has 1 aromatic carbocycles. The van der Waals surface area contributed by atoms with Gasteiger partial charge in [-0.05, 0) is 24.1 Å². The normalized spacial score (nSPS) is 20.1. The van der Waals surface area contributed by atoms with Crippen LogP contribution in [0.2, 0.25) is 0 Å². The molecule has 0 radical (unpaired) electrons. The van der Waals surface area contributed by atoms with Crippen LogP contribution in [-0.4, -0.2) is 45.6 Å². The minimum absolute atomic E-state index is 0.0237. The molecule has 0 spiro atoms. The number of amides is 1. The number of benzene rings is 1. The van der Waals surface area contributed by atoms with Crippen LogP contribution in [0, 0.1) is 0 Å². The number of fused-ring (bicyclic) bond motifs is 1. The van der Waals surface area contributed by atoms with Crippen molar-refractivity contribution in [3.8, 4) is 0 Å². The van der Waals surface area contributed by atoms with E-state index in [0.29, 0.717) is 24.3 Å². The molecule has 0 aliphatic carbocycles. The molecule has 25 heavy (non-hydrogen) atoms. The summed E-state index contributed by atoms with van der Waals surface area (Å²) in [4.78, 5) is 23.2. The van der Waals surface area contributed by atoms with Crippen molar-refractivity contribution in [2.45, 2.75) is 11.8 Å². The van der Waals surface area contributed by atoms with Crippen LogP contribution in [0.15, 0.2) is 60.9 Å². The average molecular weight is 333 g/mol. The van der Waals surface area contributed by atoms with Crippen LogP contribution in [0.5, 0.6) is 0 Å². The molecule has 1 fully saturated rings. The zero-order valence-corrected chi connectivity index (χ0v) is 13.8. The predicted molar refractivity (Wildman–Crippen MR) is 95.3 cm³/mol. The molecule has 0 saturated carbocycles. The number of nitrogens with zero attached hydrogens (tertiary/aromatic N) is 3. The highest BCUT2D eigenvalue weighted by Gasteiger charge is 2.41. The summed E-state index contributed by atoms with van der Waals surface area (Å²) >= 11 is 0. The van der Waals surface area contributed by atoms with E-state index in [-0.39, 0.29) is 12.5 Å². The van der Waals surface area contributed by atoms with Gasteiger partial charge in [0.25, 0.3) is 5.91 Å². The lowest BCUT2D eigenvalue weighted by atomic mass is 9.80. The summed E-state index contributed by atoms with van der Waals surface area (Å²) < 4.78 is 0. The molecule has 2 aromatic heterocycles. The maximum atomic E-state index is 12.9. The zero-order valence-electron chi connectivity index (χ0n) is 13.8. The Morgan fingerprint density at radius 1 is 1.16 bits per heavy atom. The Hall–Kier alpha value is -2.79. The van der Waals surface area contributed by atoms with Gasteiger partial charge in [-0.15, -0.1) is 0 Å². The van der Waals surface area contributed by atoms with Crippen LogP contribution >= 0.6 is 0 Å². The summed E-state index contributed by atoms with van der Waals surface area (Å²) in [5, 5.41) is 11.0. The Kier molecular flexibility index (Phi) is 3.93. The fourth-order valence-corrected chi connectivity index (χ4v) is 3.54. The van der Waals surface area contributed by atoms with E-state index in [4.69, 9.17) is 0 Å². The first-order chi connectivity index (χ1) is 12.2. The quantitative estimate of drug-likeness (QED) is 0.799. The third kappa shape index (κ3) is 2.76. The lowest BCUT2D eigenvalue weighted by Gasteiger charge is -2.27. The van der Waals surface area contributed by atoms with E-state index in [1.54, 1.807) is 23.4 Å². The highest BCUT2D eigenvalue weighted by molar-refractivity contribution is 5.95. The fraction of sp³-hybridized carbons (Fsp3) is 0.250. The molecule has 3 heterocycles. The highest BCUT2D eigenvalue weighted by Crippen LogP contribution is 2.34. The monoisotopic (exact) mass is 333 g/mol. The molecule has 1 saturated heterocycles. The third-order valence-corrected chi connectivity index (χ3v) is 5.04. The van der Waals surface area contributed by atoms with Crippen molar-refractivity contribution in [3.05, 3.63) is 72.2 Å². The third-order valence-electron chi connectivity index (χ3n) is 5.04. The van der Waals surface area contributed by atoms with Gasteiger partial charge >= 0.3 is 0 Å². The summed E-state index contributed by atoms with van der Waals surface area (Å²) in [6.07, 6.45) is 4.12. The number of hydrogen-bond donors (Lipinski definition) is 1. The minimum atomic E-state index is -0.394. The molecule has 0 bridgehead atoms. The number of aliphatic hydroxyl groups excluding tert-OH is 1. The van der Waals surface area contributed by atoms with Crippen LogP contribution in [0.4, 0.5) is 0 Å². The first-order valence-electron chi connectivity index (χ1n) is 8.38. The van der Waals surface area contributed by atoms with E-state index in [1.807, 2.05) is 42.5 Å². The SMILES string of the molecule is O=C(c1ccc2ccncc2n1)N1CCC(CO)(c2ccccc2)C1. The van der Waals surface area contributed by atoms with Crippen molar-refractivity contribution >= 4 is 16.8 Å². The lowest BCUT2D eigenvalue weighted by molar-refractivity contribution is 0.0768. The fourth-order valence-electron chi connectivity index (χ4n) is 3.54. The van der Waals surface area contributed by atoms with Gasteiger partial charge in [-0.1, -0.05) is 36.4 Å². The Balaban J connectivity index is 1.61. The number of rotatable bonds is 3. The van der Waals surface area contributed by atoms with Crippen LogP contribution < -0.4 is 0 Å². The lowest BCUT2D eigenvalue weighted by Crippen LogP contribution is -2.37. The molecule has 1 unspecified atom stereocenters.